The Labute approximate surface area is 129 Å². The number of aryl methyl sites for hydroxylation is 2. The molecule has 0 saturated heterocycles. The van der Waals surface area contributed by atoms with Crippen LogP contribution in [0.3, 0.4) is 0 Å². The van der Waals surface area contributed by atoms with Crippen LogP contribution >= 0.6 is 11.3 Å². The molecule has 106 valence electrons. The zero-order valence-corrected chi connectivity index (χ0v) is 13.1. The molecular weight excluding hydrogens is 276 g/mol. The summed E-state index contributed by atoms with van der Waals surface area (Å²) in [4.78, 5) is 4.78. The molecule has 0 atom stereocenters. The van der Waals surface area contributed by atoms with E-state index in [-0.39, 0.29) is 0 Å². The van der Waals surface area contributed by atoms with E-state index in [0.29, 0.717) is 6.54 Å². The molecule has 0 aliphatic rings. The zero-order chi connectivity index (χ0) is 14.8. The Bertz CT molecular complexity index is 737. The fourth-order valence-corrected chi connectivity index (χ4v) is 3.28. The van der Waals surface area contributed by atoms with Crippen LogP contribution in [0.2, 0.25) is 0 Å². The topological polar surface area (TPSA) is 38.9 Å². The van der Waals surface area contributed by atoms with Gasteiger partial charge >= 0.3 is 0 Å². The van der Waals surface area contributed by atoms with Crippen molar-refractivity contribution in [3.8, 4) is 21.8 Å². The Balaban J connectivity index is 1.95. The van der Waals surface area contributed by atoms with Crippen LogP contribution in [0.5, 0.6) is 0 Å². The normalized spacial score (nSPS) is 10.8. The Kier molecular flexibility index (Phi) is 3.86. The molecule has 0 aliphatic heterocycles. The lowest BCUT2D eigenvalue weighted by atomic mass is 10.1. The third kappa shape index (κ3) is 3.04. The SMILES string of the molecule is Cc1cc(C)cc(-c2csc(-c3ccc(CN)cc3)n2)c1. The van der Waals surface area contributed by atoms with Gasteiger partial charge in [0.15, 0.2) is 0 Å². The maximum Gasteiger partial charge on any atom is 0.124 e. The molecule has 3 heteroatoms. The number of hydrogen-bond donors (Lipinski definition) is 1. The average molecular weight is 294 g/mol. The summed E-state index contributed by atoms with van der Waals surface area (Å²) in [6.07, 6.45) is 0. The van der Waals surface area contributed by atoms with E-state index in [0.717, 1.165) is 21.8 Å². The number of nitrogens with two attached hydrogens (primary N) is 1. The second kappa shape index (κ2) is 5.80. The zero-order valence-electron chi connectivity index (χ0n) is 12.3. The van der Waals surface area contributed by atoms with Crippen LogP contribution in [0, 0.1) is 13.8 Å². The molecule has 0 fully saturated rings. The summed E-state index contributed by atoms with van der Waals surface area (Å²) in [5, 5.41) is 3.17. The largest absolute Gasteiger partial charge is 0.326 e. The molecule has 1 heterocycles. The summed E-state index contributed by atoms with van der Waals surface area (Å²) in [6, 6.07) is 14.9. The quantitative estimate of drug-likeness (QED) is 0.769. The Morgan fingerprint density at radius 2 is 1.62 bits per heavy atom. The highest BCUT2D eigenvalue weighted by atomic mass is 32.1. The van der Waals surface area contributed by atoms with E-state index in [1.54, 1.807) is 11.3 Å². The molecule has 1 aromatic heterocycles. The molecule has 0 radical (unpaired) electrons. The van der Waals surface area contributed by atoms with E-state index >= 15 is 0 Å². The van der Waals surface area contributed by atoms with Crippen LogP contribution in [0.4, 0.5) is 0 Å². The summed E-state index contributed by atoms with van der Waals surface area (Å²) in [5.41, 5.74) is 12.7. The van der Waals surface area contributed by atoms with Crippen molar-refractivity contribution in [1.29, 1.82) is 0 Å². The van der Waals surface area contributed by atoms with Crippen molar-refractivity contribution in [1.82, 2.24) is 4.98 Å². The molecular formula is C18H18N2S. The molecule has 0 saturated carbocycles. The van der Waals surface area contributed by atoms with E-state index in [4.69, 9.17) is 10.7 Å². The fraction of sp³-hybridized carbons (Fsp3) is 0.167. The third-order valence-corrected chi connectivity index (χ3v) is 4.35. The molecule has 21 heavy (non-hydrogen) atoms. The third-order valence-electron chi connectivity index (χ3n) is 3.46. The molecule has 0 aliphatic carbocycles. The minimum absolute atomic E-state index is 0.575. The average Bonchev–Trinajstić information content (AvgIpc) is 2.96. The van der Waals surface area contributed by atoms with Gasteiger partial charge in [-0.2, -0.15) is 0 Å². The predicted molar refractivity (Wildman–Crippen MR) is 90.4 cm³/mol. The number of nitrogens with zero attached hydrogens (tertiary/aromatic N) is 1. The van der Waals surface area contributed by atoms with Crippen LogP contribution in [0.1, 0.15) is 16.7 Å². The first-order valence-electron chi connectivity index (χ1n) is 6.99. The van der Waals surface area contributed by atoms with Gasteiger partial charge in [-0.05, 0) is 31.5 Å². The Morgan fingerprint density at radius 3 is 2.24 bits per heavy atom. The summed E-state index contributed by atoms with van der Waals surface area (Å²) in [5.74, 6) is 0. The molecule has 0 amide bonds. The first-order chi connectivity index (χ1) is 10.2. The van der Waals surface area contributed by atoms with Gasteiger partial charge in [0.25, 0.3) is 0 Å². The number of hydrogen-bond acceptors (Lipinski definition) is 3. The van der Waals surface area contributed by atoms with Gasteiger partial charge in [-0.25, -0.2) is 4.98 Å². The Hall–Kier alpha value is -1.97. The van der Waals surface area contributed by atoms with E-state index in [9.17, 15) is 0 Å². The predicted octanol–water partition coefficient (Wildman–Crippen LogP) is 4.55. The van der Waals surface area contributed by atoms with Gasteiger partial charge < -0.3 is 5.73 Å². The molecule has 2 aromatic carbocycles. The van der Waals surface area contributed by atoms with E-state index < -0.39 is 0 Å². The first-order valence-corrected chi connectivity index (χ1v) is 7.87. The first kappa shape index (κ1) is 14.0. The molecule has 0 spiro atoms. The second-order valence-electron chi connectivity index (χ2n) is 5.32. The highest BCUT2D eigenvalue weighted by molar-refractivity contribution is 7.13. The number of aromatic nitrogens is 1. The molecule has 2 nitrogen and oxygen atoms in total. The van der Waals surface area contributed by atoms with Crippen molar-refractivity contribution in [3.05, 3.63) is 64.5 Å². The van der Waals surface area contributed by atoms with Crippen molar-refractivity contribution in [2.45, 2.75) is 20.4 Å². The van der Waals surface area contributed by atoms with Gasteiger partial charge in [0.2, 0.25) is 0 Å². The second-order valence-corrected chi connectivity index (χ2v) is 6.17. The summed E-state index contributed by atoms with van der Waals surface area (Å²) >= 11 is 1.68. The van der Waals surface area contributed by atoms with Crippen LogP contribution in [0.15, 0.2) is 47.8 Å². The lowest BCUT2D eigenvalue weighted by Crippen LogP contribution is -1.95. The summed E-state index contributed by atoms with van der Waals surface area (Å²) < 4.78 is 0. The number of thiazole rings is 1. The highest BCUT2D eigenvalue weighted by Crippen LogP contribution is 2.29. The van der Waals surface area contributed by atoms with Crippen LogP contribution < -0.4 is 5.73 Å². The molecule has 3 rings (SSSR count). The number of rotatable bonds is 3. The number of benzene rings is 2. The molecule has 2 N–H and O–H groups in total. The van der Waals surface area contributed by atoms with Crippen molar-refractivity contribution < 1.29 is 0 Å². The van der Waals surface area contributed by atoms with Crippen molar-refractivity contribution in [2.24, 2.45) is 5.73 Å². The molecule has 0 unspecified atom stereocenters. The van der Waals surface area contributed by atoms with Gasteiger partial charge in [-0.15, -0.1) is 11.3 Å². The van der Waals surface area contributed by atoms with Crippen LogP contribution in [0.25, 0.3) is 21.8 Å². The van der Waals surface area contributed by atoms with Gasteiger partial charge in [0, 0.05) is 23.1 Å². The smallest absolute Gasteiger partial charge is 0.124 e. The monoisotopic (exact) mass is 294 g/mol. The van der Waals surface area contributed by atoms with Crippen molar-refractivity contribution in [3.63, 3.8) is 0 Å². The minimum Gasteiger partial charge on any atom is -0.326 e. The van der Waals surface area contributed by atoms with Gasteiger partial charge in [0.1, 0.15) is 5.01 Å². The van der Waals surface area contributed by atoms with Gasteiger partial charge in [0.05, 0.1) is 5.69 Å². The molecule has 3 aromatic rings. The Morgan fingerprint density at radius 1 is 0.952 bits per heavy atom. The van der Waals surface area contributed by atoms with Crippen molar-refractivity contribution >= 4 is 11.3 Å². The maximum absolute atomic E-state index is 5.63. The lowest BCUT2D eigenvalue weighted by molar-refractivity contribution is 1.07. The highest BCUT2D eigenvalue weighted by Gasteiger charge is 2.07. The van der Waals surface area contributed by atoms with Gasteiger partial charge in [-0.1, -0.05) is 41.5 Å². The van der Waals surface area contributed by atoms with Crippen molar-refractivity contribution in [2.75, 3.05) is 0 Å². The van der Waals surface area contributed by atoms with Crippen LogP contribution in [-0.4, -0.2) is 4.98 Å². The maximum atomic E-state index is 5.63. The summed E-state index contributed by atoms with van der Waals surface area (Å²) in [7, 11) is 0. The van der Waals surface area contributed by atoms with E-state index in [2.05, 4.69) is 61.7 Å². The molecule has 0 bridgehead atoms. The standard InChI is InChI=1S/C18H18N2S/c1-12-7-13(2)9-16(8-12)17-11-21-18(20-17)15-5-3-14(10-19)4-6-15/h3-9,11H,10,19H2,1-2H3. The van der Waals surface area contributed by atoms with Crippen LogP contribution in [-0.2, 0) is 6.54 Å². The summed E-state index contributed by atoms with van der Waals surface area (Å²) in [6.45, 7) is 4.82. The minimum atomic E-state index is 0.575. The van der Waals surface area contributed by atoms with E-state index in [1.165, 1.54) is 16.7 Å². The lowest BCUT2D eigenvalue weighted by Gasteiger charge is -2.02. The van der Waals surface area contributed by atoms with E-state index in [1.807, 2.05) is 0 Å². The fourth-order valence-electron chi connectivity index (χ4n) is 2.44. The van der Waals surface area contributed by atoms with Gasteiger partial charge in [-0.3, -0.25) is 0 Å².